The highest BCUT2D eigenvalue weighted by molar-refractivity contribution is 5.48. The first-order chi connectivity index (χ1) is 17.0. The lowest BCUT2D eigenvalue weighted by atomic mass is 10.1. The van der Waals surface area contributed by atoms with Crippen molar-refractivity contribution in [1.82, 2.24) is 14.7 Å². The molecule has 0 saturated heterocycles. The van der Waals surface area contributed by atoms with Crippen LogP contribution in [-0.4, -0.2) is 53.2 Å². The summed E-state index contributed by atoms with van der Waals surface area (Å²) in [6.07, 6.45) is 3.15. The van der Waals surface area contributed by atoms with Crippen molar-refractivity contribution in [3.05, 3.63) is 59.8 Å². The van der Waals surface area contributed by atoms with Crippen LogP contribution in [0.15, 0.2) is 48.5 Å². The molecule has 1 N–H and O–H groups in total. The van der Waals surface area contributed by atoms with E-state index >= 15 is 0 Å². The van der Waals surface area contributed by atoms with Gasteiger partial charge in [0.25, 0.3) is 0 Å². The zero-order valence-electron chi connectivity index (χ0n) is 21.7. The molecule has 7 heteroatoms. The number of ether oxygens (including phenoxy) is 3. The van der Waals surface area contributed by atoms with E-state index < -0.39 is 0 Å². The molecular weight excluding hydrogens is 442 g/mol. The highest BCUT2D eigenvalue weighted by atomic mass is 16.5. The van der Waals surface area contributed by atoms with Crippen LogP contribution in [0.5, 0.6) is 23.1 Å². The van der Waals surface area contributed by atoms with E-state index in [-0.39, 0.29) is 6.10 Å². The van der Waals surface area contributed by atoms with E-state index in [1.165, 1.54) is 0 Å². The first kappa shape index (κ1) is 26.6. The Hall–Kier alpha value is -3.03. The molecule has 3 rings (SSSR count). The fourth-order valence-corrected chi connectivity index (χ4v) is 4.23. The van der Waals surface area contributed by atoms with Crippen LogP contribution in [0, 0.1) is 0 Å². The van der Waals surface area contributed by atoms with Crippen LogP contribution in [0.4, 0.5) is 0 Å². The number of aliphatic hydroxyl groups is 1. The number of hydrogen-bond acceptors (Lipinski definition) is 6. The summed E-state index contributed by atoms with van der Waals surface area (Å²) in [4.78, 5) is 2.30. The maximum atomic E-state index is 10.5. The summed E-state index contributed by atoms with van der Waals surface area (Å²) < 4.78 is 19.3. The molecular formula is C28H39N3O4. The monoisotopic (exact) mass is 481 g/mol. The number of benzene rings is 2. The first-order valence-corrected chi connectivity index (χ1v) is 12.5. The normalized spacial score (nSPS) is 12.1. The third-order valence-electron chi connectivity index (χ3n) is 5.96. The van der Waals surface area contributed by atoms with Gasteiger partial charge in [0.2, 0.25) is 5.88 Å². The van der Waals surface area contributed by atoms with Gasteiger partial charge in [0, 0.05) is 13.1 Å². The molecule has 1 atom stereocenters. The van der Waals surface area contributed by atoms with Crippen molar-refractivity contribution in [1.29, 1.82) is 0 Å². The Balaban J connectivity index is 2.08. The van der Waals surface area contributed by atoms with Gasteiger partial charge in [-0.1, -0.05) is 39.3 Å². The zero-order chi connectivity index (χ0) is 25.2. The van der Waals surface area contributed by atoms with Gasteiger partial charge in [-0.3, -0.25) is 4.90 Å². The Bertz CT molecular complexity index is 1050. The van der Waals surface area contributed by atoms with Crippen molar-refractivity contribution >= 4 is 0 Å². The Morgan fingerprint density at radius 1 is 0.943 bits per heavy atom. The van der Waals surface area contributed by atoms with Gasteiger partial charge >= 0.3 is 0 Å². The van der Waals surface area contributed by atoms with Gasteiger partial charge in [-0.2, -0.15) is 5.10 Å². The van der Waals surface area contributed by atoms with Crippen LogP contribution in [0.25, 0.3) is 5.69 Å². The van der Waals surface area contributed by atoms with Gasteiger partial charge in [0.15, 0.2) is 11.5 Å². The fraction of sp³-hybridized carbons (Fsp3) is 0.464. The lowest BCUT2D eigenvalue weighted by Crippen LogP contribution is -2.33. The highest BCUT2D eigenvalue weighted by Gasteiger charge is 2.24. The highest BCUT2D eigenvalue weighted by Crippen LogP contribution is 2.36. The smallest absolute Gasteiger partial charge is 0.227 e. The molecule has 0 bridgehead atoms. The van der Waals surface area contributed by atoms with Gasteiger partial charge in [-0.25, -0.2) is 4.68 Å². The number of aromatic nitrogens is 2. The number of aryl methyl sites for hydroxylation is 1. The molecule has 7 nitrogen and oxygen atoms in total. The summed E-state index contributed by atoms with van der Waals surface area (Å²) in [6, 6.07) is 15.4. The molecule has 0 spiro atoms. The number of aliphatic hydroxyl groups excluding tert-OH is 1. The average Bonchev–Trinajstić information content (AvgIpc) is 3.21. The number of hydrogen-bond donors (Lipinski definition) is 1. The maximum Gasteiger partial charge on any atom is 0.227 e. The molecule has 0 amide bonds. The molecule has 0 unspecified atom stereocenters. The van der Waals surface area contributed by atoms with Gasteiger partial charge < -0.3 is 19.3 Å². The van der Waals surface area contributed by atoms with Crippen molar-refractivity contribution in [2.75, 3.05) is 27.3 Å². The van der Waals surface area contributed by atoms with Crippen LogP contribution in [-0.2, 0) is 13.0 Å². The topological polar surface area (TPSA) is 69.0 Å². The van der Waals surface area contributed by atoms with Crippen molar-refractivity contribution in [2.45, 2.75) is 59.1 Å². The molecule has 1 aromatic heterocycles. The van der Waals surface area contributed by atoms with Crippen molar-refractivity contribution in [3.63, 3.8) is 0 Å². The molecule has 0 aliphatic rings. The van der Waals surface area contributed by atoms with Gasteiger partial charge in [-0.15, -0.1) is 0 Å². The van der Waals surface area contributed by atoms with Gasteiger partial charge in [-0.05, 0) is 62.2 Å². The molecule has 0 fully saturated rings. The molecule has 1 heterocycles. The molecule has 190 valence electrons. The molecule has 35 heavy (non-hydrogen) atoms. The quantitative estimate of drug-likeness (QED) is 0.322. The second kappa shape index (κ2) is 13.2. The standard InChI is InChI=1S/C28H39N3O4/c1-6-11-22(32)19-30(18-7-2)20-24-25(8-3)29-31(21-14-16-23(33-4)17-15-21)28(24)35-27-13-10-9-12-26(27)34-5/h9-10,12-17,22,32H,6-8,11,18-20H2,1-5H3/t22-/m1/s1. The number of para-hydroxylation sites is 2. The minimum atomic E-state index is -0.355. The second-order valence-electron chi connectivity index (χ2n) is 8.62. The minimum Gasteiger partial charge on any atom is -0.497 e. The SMILES string of the molecule is CCC[C@@H](O)CN(CCC)Cc1c(CC)nn(-c2ccc(OC)cc2)c1Oc1ccccc1OC. The second-order valence-corrected chi connectivity index (χ2v) is 8.62. The largest absolute Gasteiger partial charge is 0.497 e. The molecule has 2 aromatic carbocycles. The van der Waals surface area contributed by atoms with Crippen molar-refractivity contribution in [2.24, 2.45) is 0 Å². The summed E-state index contributed by atoms with van der Waals surface area (Å²) in [5.41, 5.74) is 2.87. The number of methoxy groups -OCH3 is 2. The molecule has 0 aliphatic heterocycles. The third-order valence-corrected chi connectivity index (χ3v) is 5.96. The molecule has 0 saturated carbocycles. The van der Waals surface area contributed by atoms with Crippen LogP contribution in [0.1, 0.15) is 51.3 Å². The summed E-state index contributed by atoms with van der Waals surface area (Å²) in [7, 11) is 3.29. The Labute approximate surface area is 209 Å². The van der Waals surface area contributed by atoms with Crippen molar-refractivity contribution < 1.29 is 19.3 Å². The average molecular weight is 482 g/mol. The number of rotatable bonds is 14. The lowest BCUT2D eigenvalue weighted by Gasteiger charge is -2.25. The van der Waals surface area contributed by atoms with Gasteiger partial charge in [0.05, 0.1) is 37.3 Å². The van der Waals surface area contributed by atoms with E-state index in [1.54, 1.807) is 14.2 Å². The van der Waals surface area contributed by atoms with E-state index in [2.05, 4.69) is 25.7 Å². The molecule has 0 aliphatic carbocycles. The summed E-state index contributed by atoms with van der Waals surface area (Å²) >= 11 is 0. The molecule has 3 aromatic rings. The van der Waals surface area contributed by atoms with E-state index in [9.17, 15) is 5.11 Å². The zero-order valence-corrected chi connectivity index (χ0v) is 21.7. The molecule has 0 radical (unpaired) electrons. The predicted molar refractivity (Wildman–Crippen MR) is 139 cm³/mol. The predicted octanol–water partition coefficient (Wildman–Crippen LogP) is 5.62. The number of nitrogens with zero attached hydrogens (tertiary/aromatic N) is 3. The van der Waals surface area contributed by atoms with E-state index in [0.717, 1.165) is 54.9 Å². The van der Waals surface area contributed by atoms with E-state index in [1.807, 2.05) is 53.2 Å². The van der Waals surface area contributed by atoms with Crippen LogP contribution >= 0.6 is 0 Å². The van der Waals surface area contributed by atoms with E-state index in [0.29, 0.717) is 30.5 Å². The fourth-order valence-electron chi connectivity index (χ4n) is 4.23. The van der Waals surface area contributed by atoms with Crippen molar-refractivity contribution in [3.8, 4) is 28.8 Å². The summed E-state index contributed by atoms with van der Waals surface area (Å²) in [5, 5.41) is 15.5. The maximum absolute atomic E-state index is 10.5. The first-order valence-electron chi connectivity index (χ1n) is 12.5. The van der Waals surface area contributed by atoms with Crippen LogP contribution in [0.2, 0.25) is 0 Å². The van der Waals surface area contributed by atoms with Crippen LogP contribution in [0.3, 0.4) is 0 Å². The Morgan fingerprint density at radius 3 is 2.26 bits per heavy atom. The lowest BCUT2D eigenvalue weighted by molar-refractivity contribution is 0.100. The third kappa shape index (κ3) is 6.77. The van der Waals surface area contributed by atoms with Gasteiger partial charge in [0.1, 0.15) is 5.75 Å². The Morgan fingerprint density at radius 2 is 1.66 bits per heavy atom. The summed E-state index contributed by atoms with van der Waals surface area (Å²) in [6.45, 7) is 8.50. The van der Waals surface area contributed by atoms with E-state index in [4.69, 9.17) is 19.3 Å². The van der Waals surface area contributed by atoms with Crippen LogP contribution < -0.4 is 14.2 Å². The minimum absolute atomic E-state index is 0.355. The Kier molecular flexibility index (Phi) is 9.99. The summed E-state index contributed by atoms with van der Waals surface area (Å²) in [5.74, 6) is 2.72.